The van der Waals surface area contributed by atoms with Gasteiger partial charge in [-0.05, 0) is 6.42 Å². The van der Waals surface area contributed by atoms with Gasteiger partial charge in [-0.1, -0.05) is 6.92 Å². The number of rotatable bonds is 3. The maximum Gasteiger partial charge on any atom is 0.161 e. The molecule has 1 fully saturated rings. The van der Waals surface area contributed by atoms with Crippen LogP contribution in [0.25, 0.3) is 0 Å². The second-order valence-electron chi connectivity index (χ2n) is 4.06. The van der Waals surface area contributed by atoms with E-state index in [0.29, 0.717) is 13.2 Å². The third kappa shape index (κ3) is 2.36. The first-order valence-corrected chi connectivity index (χ1v) is 6.08. The molecule has 1 aromatic heterocycles. The van der Waals surface area contributed by atoms with E-state index in [1.165, 1.54) is 0 Å². The van der Waals surface area contributed by atoms with Crippen molar-refractivity contribution in [2.24, 2.45) is 0 Å². The summed E-state index contributed by atoms with van der Waals surface area (Å²) >= 11 is 0. The minimum Gasteiger partial charge on any atom is -0.373 e. The minimum absolute atomic E-state index is 0.378. The lowest BCUT2D eigenvalue weighted by molar-refractivity contribution is 0.0761. The molecule has 18 heavy (non-hydrogen) atoms. The van der Waals surface area contributed by atoms with E-state index in [1.807, 2.05) is 7.05 Å². The summed E-state index contributed by atoms with van der Waals surface area (Å²) in [6.07, 6.45) is 2.02. The van der Waals surface area contributed by atoms with E-state index in [-0.39, 0.29) is 6.10 Å². The van der Waals surface area contributed by atoms with Gasteiger partial charge < -0.3 is 15.0 Å². The van der Waals surface area contributed by atoms with E-state index >= 15 is 0 Å². The average molecular weight is 247 g/mol. The fraction of sp³-hybridized carbons (Fsp3) is 0.583. The Bertz CT molecular complexity index is 456. The predicted octanol–water partition coefficient (Wildman–Crippen LogP) is 0.809. The smallest absolute Gasteiger partial charge is 0.161 e. The average Bonchev–Trinajstić information content (AvgIpc) is 2.46. The van der Waals surface area contributed by atoms with Crippen LogP contribution in [0.1, 0.15) is 12.5 Å². The number of nitrogens with zero attached hydrogens (tertiary/aromatic N) is 4. The Hall–Kier alpha value is -1.87. The number of nitriles is 1. The summed E-state index contributed by atoms with van der Waals surface area (Å²) in [5.74, 6) is 1.75. The van der Waals surface area contributed by atoms with Crippen molar-refractivity contribution in [2.45, 2.75) is 19.4 Å². The molecule has 1 aromatic rings. The van der Waals surface area contributed by atoms with Gasteiger partial charge in [-0.3, -0.25) is 0 Å². The van der Waals surface area contributed by atoms with Gasteiger partial charge in [-0.15, -0.1) is 0 Å². The molecule has 0 amide bonds. The van der Waals surface area contributed by atoms with Crippen molar-refractivity contribution in [3.05, 3.63) is 11.9 Å². The van der Waals surface area contributed by atoms with Crippen LogP contribution < -0.4 is 10.2 Å². The number of aromatic nitrogens is 2. The van der Waals surface area contributed by atoms with E-state index < -0.39 is 0 Å². The summed E-state index contributed by atoms with van der Waals surface area (Å²) in [5, 5.41) is 12.0. The van der Waals surface area contributed by atoms with Crippen LogP contribution in [0.4, 0.5) is 11.6 Å². The number of hydrogen-bond acceptors (Lipinski definition) is 6. The standard InChI is InChI=1S/C12H17N5O/c1-3-10-11(14-2)15-8-16-12(10)17-4-5-18-9(6-13)7-17/h8-9H,3-5,7H2,1-2H3,(H,14,15,16). The van der Waals surface area contributed by atoms with Crippen LogP contribution in [0, 0.1) is 11.3 Å². The molecule has 0 bridgehead atoms. The first-order valence-electron chi connectivity index (χ1n) is 6.08. The summed E-state index contributed by atoms with van der Waals surface area (Å²) in [7, 11) is 1.85. The third-order valence-corrected chi connectivity index (χ3v) is 3.02. The molecule has 6 heteroatoms. The number of nitrogens with one attached hydrogen (secondary N) is 1. The molecule has 1 unspecified atom stereocenters. The first-order chi connectivity index (χ1) is 8.80. The molecular formula is C12H17N5O. The zero-order valence-corrected chi connectivity index (χ0v) is 10.7. The Balaban J connectivity index is 2.30. The van der Waals surface area contributed by atoms with Crippen molar-refractivity contribution in [1.82, 2.24) is 9.97 Å². The van der Waals surface area contributed by atoms with Crippen LogP contribution >= 0.6 is 0 Å². The zero-order chi connectivity index (χ0) is 13.0. The molecule has 1 saturated heterocycles. The van der Waals surface area contributed by atoms with Crippen LogP contribution in [-0.4, -0.2) is 42.8 Å². The Morgan fingerprint density at radius 1 is 1.61 bits per heavy atom. The van der Waals surface area contributed by atoms with E-state index in [1.54, 1.807) is 6.33 Å². The van der Waals surface area contributed by atoms with E-state index in [2.05, 4.69) is 33.2 Å². The summed E-state index contributed by atoms with van der Waals surface area (Å²) < 4.78 is 5.35. The molecule has 1 aliphatic rings. The van der Waals surface area contributed by atoms with Crippen molar-refractivity contribution in [1.29, 1.82) is 5.26 Å². The lowest BCUT2D eigenvalue weighted by Crippen LogP contribution is -2.42. The van der Waals surface area contributed by atoms with Crippen molar-refractivity contribution >= 4 is 11.6 Å². The molecular weight excluding hydrogens is 230 g/mol. The molecule has 1 aliphatic heterocycles. The van der Waals surface area contributed by atoms with Crippen molar-refractivity contribution in [3.8, 4) is 6.07 Å². The van der Waals surface area contributed by atoms with Gasteiger partial charge in [0.2, 0.25) is 0 Å². The Morgan fingerprint density at radius 2 is 2.44 bits per heavy atom. The number of ether oxygens (including phenoxy) is 1. The van der Waals surface area contributed by atoms with Crippen LogP contribution in [0.15, 0.2) is 6.33 Å². The second-order valence-corrected chi connectivity index (χ2v) is 4.06. The number of hydrogen-bond donors (Lipinski definition) is 1. The first kappa shape index (κ1) is 12.6. The van der Waals surface area contributed by atoms with Crippen molar-refractivity contribution < 1.29 is 4.74 Å². The van der Waals surface area contributed by atoms with Gasteiger partial charge in [0.05, 0.1) is 19.2 Å². The van der Waals surface area contributed by atoms with Gasteiger partial charge in [0.25, 0.3) is 0 Å². The molecule has 0 spiro atoms. The number of morpholine rings is 1. The lowest BCUT2D eigenvalue weighted by atomic mass is 10.2. The predicted molar refractivity (Wildman–Crippen MR) is 68.5 cm³/mol. The molecule has 2 heterocycles. The highest BCUT2D eigenvalue weighted by atomic mass is 16.5. The molecule has 6 nitrogen and oxygen atoms in total. The quantitative estimate of drug-likeness (QED) is 0.852. The Morgan fingerprint density at radius 3 is 3.11 bits per heavy atom. The normalized spacial score (nSPS) is 19.4. The minimum atomic E-state index is -0.378. The summed E-state index contributed by atoms with van der Waals surface area (Å²) in [6.45, 7) is 3.94. The SMILES string of the molecule is CCc1c(NC)ncnc1N1CCOC(C#N)C1. The fourth-order valence-corrected chi connectivity index (χ4v) is 2.14. The Kier molecular flexibility index (Phi) is 3.95. The van der Waals surface area contributed by atoms with Gasteiger partial charge >= 0.3 is 0 Å². The molecule has 0 aromatic carbocycles. The zero-order valence-electron chi connectivity index (χ0n) is 10.7. The molecule has 2 rings (SSSR count). The van der Waals surface area contributed by atoms with Gasteiger partial charge in [0, 0.05) is 19.2 Å². The van der Waals surface area contributed by atoms with E-state index in [9.17, 15) is 0 Å². The second kappa shape index (κ2) is 5.65. The third-order valence-electron chi connectivity index (χ3n) is 3.02. The highest BCUT2D eigenvalue weighted by Gasteiger charge is 2.23. The molecule has 0 aliphatic carbocycles. The van der Waals surface area contributed by atoms with Crippen molar-refractivity contribution in [2.75, 3.05) is 37.0 Å². The van der Waals surface area contributed by atoms with E-state index in [0.717, 1.165) is 30.2 Å². The molecule has 0 radical (unpaired) electrons. The maximum absolute atomic E-state index is 8.94. The van der Waals surface area contributed by atoms with Gasteiger partial charge in [-0.25, -0.2) is 9.97 Å². The van der Waals surface area contributed by atoms with Crippen LogP contribution in [0.5, 0.6) is 0 Å². The lowest BCUT2D eigenvalue weighted by Gasteiger charge is -2.32. The summed E-state index contributed by atoms with van der Waals surface area (Å²) in [4.78, 5) is 10.7. The largest absolute Gasteiger partial charge is 0.373 e. The fourth-order valence-electron chi connectivity index (χ4n) is 2.14. The van der Waals surface area contributed by atoms with Crippen molar-refractivity contribution in [3.63, 3.8) is 0 Å². The maximum atomic E-state index is 8.94. The van der Waals surface area contributed by atoms with Crippen LogP contribution in [-0.2, 0) is 11.2 Å². The van der Waals surface area contributed by atoms with Gasteiger partial charge in [0.15, 0.2) is 6.10 Å². The molecule has 96 valence electrons. The topological polar surface area (TPSA) is 74.1 Å². The van der Waals surface area contributed by atoms with E-state index in [4.69, 9.17) is 10.00 Å². The van der Waals surface area contributed by atoms with Gasteiger partial charge in [-0.2, -0.15) is 5.26 Å². The molecule has 1 atom stereocenters. The summed E-state index contributed by atoms with van der Waals surface area (Å²) in [6, 6.07) is 2.15. The molecule has 0 saturated carbocycles. The van der Waals surface area contributed by atoms with Crippen LogP contribution in [0.2, 0.25) is 0 Å². The Labute approximate surface area is 107 Å². The van der Waals surface area contributed by atoms with Crippen LogP contribution in [0.3, 0.4) is 0 Å². The highest BCUT2D eigenvalue weighted by molar-refractivity contribution is 5.58. The highest BCUT2D eigenvalue weighted by Crippen LogP contribution is 2.25. The summed E-state index contributed by atoms with van der Waals surface area (Å²) in [5.41, 5.74) is 1.08. The number of anilines is 2. The monoisotopic (exact) mass is 247 g/mol. The molecule has 1 N–H and O–H groups in total. The van der Waals surface area contributed by atoms with Gasteiger partial charge in [0.1, 0.15) is 18.0 Å².